The van der Waals surface area contributed by atoms with Gasteiger partial charge in [0.1, 0.15) is 0 Å². The molecule has 2 nitrogen and oxygen atoms in total. The molecule has 0 bridgehead atoms. The number of rotatable bonds is 3. The molecule has 4 aliphatic carbocycles. The zero-order valence-corrected chi connectivity index (χ0v) is 17.6. The van der Waals surface area contributed by atoms with Gasteiger partial charge in [-0.3, -0.25) is 4.79 Å². The Morgan fingerprint density at radius 1 is 1.11 bits per heavy atom. The van der Waals surface area contributed by atoms with Crippen molar-refractivity contribution in [1.82, 2.24) is 0 Å². The Morgan fingerprint density at radius 2 is 1.93 bits per heavy atom. The predicted octanol–water partition coefficient (Wildman–Crippen LogP) is 5.99. The zero-order valence-electron chi connectivity index (χ0n) is 17.6. The first-order chi connectivity index (χ1) is 13.0. The maximum absolute atomic E-state index is 11.9. The second-order valence-corrected chi connectivity index (χ2v) is 10.4. The fourth-order valence-electron chi connectivity index (χ4n) is 8.73. The van der Waals surface area contributed by atoms with Crippen LogP contribution in [0.1, 0.15) is 91.4 Å². The minimum Gasteiger partial charge on any atom is -0.449 e. The summed E-state index contributed by atoms with van der Waals surface area (Å²) in [5.41, 5.74) is 0.582. The van der Waals surface area contributed by atoms with Crippen LogP contribution >= 0.6 is 0 Å². The van der Waals surface area contributed by atoms with Crippen molar-refractivity contribution in [3.8, 4) is 12.3 Å². The second kappa shape index (κ2) is 7.13. The molecule has 0 N–H and O–H groups in total. The van der Waals surface area contributed by atoms with Crippen LogP contribution in [0.25, 0.3) is 0 Å². The van der Waals surface area contributed by atoms with Crippen molar-refractivity contribution in [2.24, 2.45) is 40.4 Å². The van der Waals surface area contributed by atoms with Crippen molar-refractivity contribution >= 4 is 5.97 Å². The van der Waals surface area contributed by atoms with Crippen molar-refractivity contribution in [3.63, 3.8) is 0 Å². The van der Waals surface area contributed by atoms with Crippen molar-refractivity contribution < 1.29 is 9.53 Å². The van der Waals surface area contributed by atoms with Gasteiger partial charge in [-0.25, -0.2) is 0 Å². The minimum atomic E-state index is -0.319. The van der Waals surface area contributed by atoms with Crippen molar-refractivity contribution in [2.45, 2.75) is 97.5 Å². The molecule has 0 amide bonds. The van der Waals surface area contributed by atoms with Gasteiger partial charge in [-0.1, -0.05) is 39.0 Å². The Balaban J connectivity index is 1.71. The Bertz CT molecular complexity index is 618. The first-order valence-electron chi connectivity index (χ1n) is 11.6. The largest absolute Gasteiger partial charge is 0.449 e. The molecule has 2 unspecified atom stereocenters. The van der Waals surface area contributed by atoms with E-state index in [4.69, 9.17) is 11.2 Å². The molecule has 0 saturated heterocycles. The summed E-state index contributed by atoms with van der Waals surface area (Å²) in [4.78, 5) is 11.9. The molecule has 0 radical (unpaired) electrons. The molecule has 0 aromatic rings. The van der Waals surface area contributed by atoms with Crippen LogP contribution in [0.15, 0.2) is 0 Å². The number of carbonyl (C=O) groups is 1. The lowest BCUT2D eigenvalue weighted by molar-refractivity contribution is -0.181. The lowest BCUT2D eigenvalue weighted by Gasteiger charge is -2.62. The van der Waals surface area contributed by atoms with Crippen LogP contribution in [0.2, 0.25) is 0 Å². The Kier molecular flexibility index (Phi) is 5.11. The molecular weight excluding hydrogens is 332 g/mol. The number of hydrogen-bond donors (Lipinski definition) is 0. The third-order valence-electron chi connectivity index (χ3n) is 9.76. The van der Waals surface area contributed by atoms with E-state index in [1.807, 2.05) is 0 Å². The van der Waals surface area contributed by atoms with Gasteiger partial charge in [0.05, 0.1) is 0 Å². The van der Waals surface area contributed by atoms with E-state index in [9.17, 15) is 4.79 Å². The van der Waals surface area contributed by atoms with Gasteiger partial charge in [0.15, 0.2) is 6.10 Å². The number of terminal acetylenes is 1. The Morgan fingerprint density at radius 3 is 2.63 bits per heavy atom. The minimum absolute atomic E-state index is 0.0488. The van der Waals surface area contributed by atoms with E-state index in [-0.39, 0.29) is 17.5 Å². The molecule has 0 heterocycles. The summed E-state index contributed by atoms with van der Waals surface area (Å²) in [6.07, 6.45) is 20.2. The van der Waals surface area contributed by atoms with E-state index in [1.54, 1.807) is 0 Å². The van der Waals surface area contributed by atoms with Crippen LogP contribution in [-0.2, 0) is 9.53 Å². The van der Waals surface area contributed by atoms with E-state index < -0.39 is 0 Å². The third kappa shape index (κ3) is 2.79. The van der Waals surface area contributed by atoms with Crippen LogP contribution < -0.4 is 0 Å². The lowest BCUT2D eigenvalue weighted by atomic mass is 9.43. The SMILES string of the molecule is C#CC(OC(C)=O)[C@]12CCCCC1CC[C@@H]1[C@@H]2CC[C@]2(C)[C@@H](CC)CC[C@@H]12. The summed E-state index contributed by atoms with van der Waals surface area (Å²) in [6, 6.07) is 0. The van der Waals surface area contributed by atoms with Crippen molar-refractivity contribution in [1.29, 1.82) is 0 Å². The van der Waals surface area contributed by atoms with Gasteiger partial charge in [-0.05, 0) is 86.4 Å². The van der Waals surface area contributed by atoms with Gasteiger partial charge < -0.3 is 4.74 Å². The molecule has 150 valence electrons. The second-order valence-electron chi connectivity index (χ2n) is 10.4. The highest BCUT2D eigenvalue weighted by Gasteiger charge is 2.63. The fourth-order valence-corrected chi connectivity index (χ4v) is 8.73. The Labute approximate surface area is 166 Å². The quantitative estimate of drug-likeness (QED) is 0.450. The zero-order chi connectivity index (χ0) is 19.2. The maximum atomic E-state index is 11.9. The number of carbonyl (C=O) groups excluding carboxylic acids is 1. The molecule has 0 aromatic carbocycles. The molecule has 4 aliphatic rings. The summed E-state index contributed by atoms with van der Waals surface area (Å²) in [5, 5.41) is 0. The van der Waals surface area contributed by atoms with Crippen molar-refractivity contribution in [2.75, 3.05) is 0 Å². The number of ether oxygens (including phenoxy) is 1. The fraction of sp³-hybridized carbons (Fsp3) is 0.880. The third-order valence-corrected chi connectivity index (χ3v) is 9.76. The average molecular weight is 371 g/mol. The smallest absolute Gasteiger partial charge is 0.303 e. The highest BCUT2D eigenvalue weighted by atomic mass is 16.5. The molecule has 0 spiro atoms. The van der Waals surface area contributed by atoms with Gasteiger partial charge in [-0.15, -0.1) is 6.42 Å². The molecule has 4 rings (SSSR count). The monoisotopic (exact) mass is 370 g/mol. The normalized spacial score (nSPS) is 47.1. The van der Waals surface area contributed by atoms with Crippen LogP contribution in [0, 0.1) is 52.8 Å². The molecule has 4 fully saturated rings. The summed E-state index contributed by atoms with van der Waals surface area (Å²) in [7, 11) is 0. The number of fused-ring (bicyclic) bond motifs is 5. The standard InChI is InChI=1S/C25H38O2/c1-5-18-11-13-21-20-12-10-19-9-7-8-15-25(19,23(6-2)27-17(3)26)22(20)14-16-24(18,21)4/h2,18-23H,5,7-16H2,1,3-4H3/t18-,19?,20-,21-,22-,23?,24+,25+/m0/s1. The Hall–Kier alpha value is -0.970. The van der Waals surface area contributed by atoms with Crippen LogP contribution in [0.5, 0.6) is 0 Å². The molecule has 8 atom stereocenters. The van der Waals surface area contributed by atoms with E-state index in [1.165, 1.54) is 77.6 Å². The summed E-state index contributed by atoms with van der Waals surface area (Å²) in [5.74, 6) is 6.63. The van der Waals surface area contributed by atoms with Gasteiger partial charge >= 0.3 is 5.97 Å². The van der Waals surface area contributed by atoms with Gasteiger partial charge in [0.25, 0.3) is 0 Å². The first-order valence-corrected chi connectivity index (χ1v) is 11.6. The molecule has 2 heteroatoms. The highest BCUT2D eigenvalue weighted by Crippen LogP contribution is 2.68. The van der Waals surface area contributed by atoms with E-state index in [0.717, 1.165) is 17.8 Å². The molecule has 0 aliphatic heterocycles. The van der Waals surface area contributed by atoms with Gasteiger partial charge in [0.2, 0.25) is 0 Å². The van der Waals surface area contributed by atoms with E-state index in [2.05, 4.69) is 19.8 Å². The molecule has 27 heavy (non-hydrogen) atoms. The maximum Gasteiger partial charge on any atom is 0.303 e. The molecule has 4 saturated carbocycles. The topological polar surface area (TPSA) is 26.3 Å². The highest BCUT2D eigenvalue weighted by molar-refractivity contribution is 5.66. The van der Waals surface area contributed by atoms with Crippen LogP contribution in [0.3, 0.4) is 0 Å². The predicted molar refractivity (Wildman–Crippen MR) is 109 cm³/mol. The molecule has 0 aromatic heterocycles. The summed E-state index contributed by atoms with van der Waals surface area (Å²) < 4.78 is 5.85. The van der Waals surface area contributed by atoms with E-state index >= 15 is 0 Å². The van der Waals surface area contributed by atoms with E-state index in [0.29, 0.717) is 17.3 Å². The summed E-state index contributed by atoms with van der Waals surface area (Å²) in [6.45, 7) is 6.51. The van der Waals surface area contributed by atoms with Crippen LogP contribution in [-0.4, -0.2) is 12.1 Å². The summed E-state index contributed by atoms with van der Waals surface area (Å²) >= 11 is 0. The van der Waals surface area contributed by atoms with Gasteiger partial charge in [0, 0.05) is 12.3 Å². The van der Waals surface area contributed by atoms with Gasteiger partial charge in [-0.2, -0.15) is 0 Å². The van der Waals surface area contributed by atoms with Crippen molar-refractivity contribution in [3.05, 3.63) is 0 Å². The lowest BCUT2D eigenvalue weighted by Crippen LogP contribution is -2.59. The number of hydrogen-bond acceptors (Lipinski definition) is 2. The average Bonchev–Trinajstić information content (AvgIpc) is 3.01. The van der Waals surface area contributed by atoms with Crippen LogP contribution in [0.4, 0.5) is 0 Å². The molecular formula is C25H38O2. The number of esters is 1. The first kappa shape index (κ1) is 19.4.